The Morgan fingerprint density at radius 3 is 2.57 bits per heavy atom. The Bertz CT molecular complexity index is 609. The van der Waals surface area contributed by atoms with Crippen LogP contribution in [0.4, 0.5) is 5.69 Å². The Kier molecular flexibility index (Phi) is 4.81. The summed E-state index contributed by atoms with van der Waals surface area (Å²) in [4.78, 5) is 6.60. The Morgan fingerprint density at radius 2 is 1.95 bits per heavy atom. The predicted octanol–water partition coefficient (Wildman–Crippen LogP) is 3.52. The van der Waals surface area contributed by atoms with Crippen LogP contribution in [-0.2, 0) is 6.54 Å². The third-order valence-corrected chi connectivity index (χ3v) is 3.27. The fourth-order valence-electron chi connectivity index (χ4n) is 1.99. The molecule has 0 saturated carbocycles. The van der Waals surface area contributed by atoms with Gasteiger partial charge >= 0.3 is 0 Å². The molecule has 4 nitrogen and oxygen atoms in total. The van der Waals surface area contributed by atoms with Gasteiger partial charge in [-0.3, -0.25) is 0 Å². The summed E-state index contributed by atoms with van der Waals surface area (Å²) < 4.78 is 5.91. The van der Waals surface area contributed by atoms with Crippen LogP contribution in [0.5, 0.6) is 11.6 Å². The highest BCUT2D eigenvalue weighted by molar-refractivity contribution is 5.50. The molecular formula is C17H23N3O. The minimum absolute atomic E-state index is 0.340. The van der Waals surface area contributed by atoms with Gasteiger partial charge < -0.3 is 15.4 Å². The molecule has 2 rings (SSSR count). The number of pyridine rings is 1. The van der Waals surface area contributed by atoms with Crippen LogP contribution in [0.15, 0.2) is 36.4 Å². The smallest absolute Gasteiger partial charge is 0.219 e. The Hall–Kier alpha value is -2.07. The van der Waals surface area contributed by atoms with E-state index in [2.05, 4.69) is 18.8 Å². The molecule has 21 heavy (non-hydrogen) atoms. The normalized spacial score (nSPS) is 10.8. The average Bonchev–Trinajstić information content (AvgIpc) is 2.47. The number of anilines is 1. The van der Waals surface area contributed by atoms with Crippen LogP contribution in [-0.4, -0.2) is 19.1 Å². The maximum Gasteiger partial charge on any atom is 0.219 e. The van der Waals surface area contributed by atoms with Gasteiger partial charge in [-0.15, -0.1) is 0 Å². The number of nitrogens with zero attached hydrogens (tertiary/aromatic N) is 2. The first-order chi connectivity index (χ1) is 9.99. The zero-order valence-electron chi connectivity index (χ0n) is 13.1. The Labute approximate surface area is 126 Å². The van der Waals surface area contributed by atoms with Crippen molar-refractivity contribution in [1.82, 2.24) is 4.98 Å². The van der Waals surface area contributed by atoms with Crippen LogP contribution in [0.25, 0.3) is 0 Å². The van der Waals surface area contributed by atoms with E-state index in [0.717, 1.165) is 22.7 Å². The zero-order valence-corrected chi connectivity index (χ0v) is 13.1. The predicted molar refractivity (Wildman–Crippen MR) is 87.1 cm³/mol. The van der Waals surface area contributed by atoms with E-state index in [9.17, 15) is 0 Å². The van der Waals surface area contributed by atoms with E-state index in [0.29, 0.717) is 18.3 Å². The lowest BCUT2D eigenvalue weighted by Crippen LogP contribution is -2.08. The topological polar surface area (TPSA) is 51.4 Å². The maximum absolute atomic E-state index is 5.91. The fraction of sp³-hybridized carbons (Fsp3) is 0.353. The Balaban J connectivity index is 2.30. The van der Waals surface area contributed by atoms with Crippen molar-refractivity contribution in [2.75, 3.05) is 19.0 Å². The van der Waals surface area contributed by atoms with E-state index < -0.39 is 0 Å². The van der Waals surface area contributed by atoms with Crippen molar-refractivity contribution in [3.05, 3.63) is 47.7 Å². The zero-order chi connectivity index (χ0) is 15.4. The molecule has 0 aliphatic heterocycles. The molecule has 0 aliphatic rings. The largest absolute Gasteiger partial charge is 0.439 e. The molecule has 0 aliphatic carbocycles. The van der Waals surface area contributed by atoms with Crippen molar-refractivity contribution in [2.45, 2.75) is 26.3 Å². The summed E-state index contributed by atoms with van der Waals surface area (Å²) >= 11 is 0. The lowest BCUT2D eigenvalue weighted by atomic mass is 10.1. The van der Waals surface area contributed by atoms with Gasteiger partial charge in [0.05, 0.1) is 0 Å². The number of rotatable bonds is 5. The van der Waals surface area contributed by atoms with Gasteiger partial charge in [0.15, 0.2) is 0 Å². The highest BCUT2D eigenvalue weighted by Crippen LogP contribution is 2.26. The van der Waals surface area contributed by atoms with Gasteiger partial charge in [0, 0.05) is 44.2 Å². The second kappa shape index (κ2) is 6.59. The minimum Gasteiger partial charge on any atom is -0.439 e. The molecule has 2 N–H and O–H groups in total. The van der Waals surface area contributed by atoms with Crippen LogP contribution >= 0.6 is 0 Å². The third-order valence-electron chi connectivity index (χ3n) is 3.27. The lowest BCUT2D eigenvalue weighted by molar-refractivity contribution is 0.458. The number of benzene rings is 1. The van der Waals surface area contributed by atoms with Gasteiger partial charge in [-0.05, 0) is 29.7 Å². The molecule has 0 fully saturated rings. The molecule has 112 valence electrons. The van der Waals surface area contributed by atoms with Gasteiger partial charge in [0.2, 0.25) is 5.88 Å². The van der Waals surface area contributed by atoms with Gasteiger partial charge in [-0.2, -0.15) is 0 Å². The molecule has 0 unspecified atom stereocenters. The molecule has 0 saturated heterocycles. The van der Waals surface area contributed by atoms with Crippen LogP contribution < -0.4 is 15.4 Å². The number of aromatic nitrogens is 1. The summed E-state index contributed by atoms with van der Waals surface area (Å²) in [6.45, 7) is 4.70. The second-order valence-corrected chi connectivity index (χ2v) is 5.59. The molecule has 0 bridgehead atoms. The quantitative estimate of drug-likeness (QED) is 0.913. The fourth-order valence-corrected chi connectivity index (χ4v) is 1.99. The summed E-state index contributed by atoms with van der Waals surface area (Å²) in [5, 5.41) is 0. The third kappa shape index (κ3) is 3.95. The van der Waals surface area contributed by atoms with E-state index in [1.807, 2.05) is 55.4 Å². The van der Waals surface area contributed by atoms with Crippen LogP contribution in [0.1, 0.15) is 31.0 Å². The van der Waals surface area contributed by atoms with Gasteiger partial charge in [0.1, 0.15) is 5.75 Å². The molecule has 0 spiro atoms. The van der Waals surface area contributed by atoms with Gasteiger partial charge in [0.25, 0.3) is 0 Å². The van der Waals surface area contributed by atoms with Crippen molar-refractivity contribution in [2.24, 2.45) is 5.73 Å². The number of ether oxygens (including phenoxy) is 1. The van der Waals surface area contributed by atoms with Crippen molar-refractivity contribution in [1.29, 1.82) is 0 Å². The lowest BCUT2D eigenvalue weighted by Gasteiger charge is -2.15. The van der Waals surface area contributed by atoms with Gasteiger partial charge in [-0.1, -0.05) is 19.9 Å². The first kappa shape index (κ1) is 15.3. The van der Waals surface area contributed by atoms with Crippen LogP contribution in [0.3, 0.4) is 0 Å². The van der Waals surface area contributed by atoms with E-state index in [1.54, 1.807) is 0 Å². The SMILES string of the molecule is CC(C)c1cc(CN)cc(Oc2cccc(N(C)C)c2)n1. The van der Waals surface area contributed by atoms with Crippen LogP contribution in [0, 0.1) is 0 Å². The summed E-state index contributed by atoms with van der Waals surface area (Å²) in [6, 6.07) is 11.9. The molecular weight excluding hydrogens is 262 g/mol. The van der Waals surface area contributed by atoms with E-state index in [1.165, 1.54) is 0 Å². The first-order valence-electron chi connectivity index (χ1n) is 7.15. The molecule has 0 atom stereocenters. The number of hydrogen-bond acceptors (Lipinski definition) is 4. The molecule has 1 heterocycles. The first-order valence-corrected chi connectivity index (χ1v) is 7.15. The maximum atomic E-state index is 5.91. The highest BCUT2D eigenvalue weighted by Gasteiger charge is 2.08. The Morgan fingerprint density at radius 1 is 1.19 bits per heavy atom. The van der Waals surface area contributed by atoms with Crippen molar-refractivity contribution in [3.63, 3.8) is 0 Å². The summed E-state index contributed by atoms with van der Waals surface area (Å²) in [5.74, 6) is 1.71. The van der Waals surface area contributed by atoms with Crippen molar-refractivity contribution < 1.29 is 4.74 Å². The van der Waals surface area contributed by atoms with Crippen molar-refractivity contribution in [3.8, 4) is 11.6 Å². The average molecular weight is 285 g/mol. The number of nitrogens with two attached hydrogens (primary N) is 1. The standard InChI is InChI=1S/C17H23N3O/c1-12(2)16-8-13(11-18)9-17(19-16)21-15-7-5-6-14(10-15)20(3)4/h5-10,12H,11,18H2,1-4H3. The second-order valence-electron chi connectivity index (χ2n) is 5.59. The highest BCUT2D eigenvalue weighted by atomic mass is 16.5. The van der Waals surface area contributed by atoms with Gasteiger partial charge in [-0.25, -0.2) is 4.98 Å². The number of hydrogen-bond donors (Lipinski definition) is 1. The molecule has 0 radical (unpaired) electrons. The monoisotopic (exact) mass is 285 g/mol. The summed E-state index contributed by atoms with van der Waals surface area (Å²) in [7, 11) is 4.01. The molecule has 1 aromatic heterocycles. The summed E-state index contributed by atoms with van der Waals surface area (Å²) in [6.07, 6.45) is 0. The molecule has 2 aromatic rings. The molecule has 0 amide bonds. The summed E-state index contributed by atoms with van der Waals surface area (Å²) in [5.41, 5.74) is 8.88. The molecule has 4 heteroatoms. The van der Waals surface area contributed by atoms with E-state index in [4.69, 9.17) is 10.5 Å². The van der Waals surface area contributed by atoms with E-state index >= 15 is 0 Å². The van der Waals surface area contributed by atoms with Crippen LogP contribution in [0.2, 0.25) is 0 Å². The minimum atomic E-state index is 0.340. The van der Waals surface area contributed by atoms with E-state index in [-0.39, 0.29) is 0 Å². The molecule has 1 aromatic carbocycles. The van der Waals surface area contributed by atoms with Crippen molar-refractivity contribution >= 4 is 5.69 Å².